The van der Waals surface area contributed by atoms with Crippen LogP contribution in [0.15, 0.2) is 41.8 Å². The highest BCUT2D eigenvalue weighted by molar-refractivity contribution is 7.12. The van der Waals surface area contributed by atoms with Crippen molar-refractivity contribution in [1.29, 1.82) is 5.26 Å². The summed E-state index contributed by atoms with van der Waals surface area (Å²) >= 11 is 1.46. The van der Waals surface area contributed by atoms with Gasteiger partial charge in [0.1, 0.15) is 0 Å². The Hall–Kier alpha value is -2.69. The van der Waals surface area contributed by atoms with E-state index in [-0.39, 0.29) is 17.7 Å². The Balaban J connectivity index is 1.31. The molecule has 2 amide bonds. The van der Waals surface area contributed by atoms with Crippen molar-refractivity contribution >= 4 is 23.2 Å². The maximum absolute atomic E-state index is 13.2. The van der Waals surface area contributed by atoms with Crippen molar-refractivity contribution in [3.8, 4) is 6.07 Å². The second kappa shape index (κ2) is 10.1. The van der Waals surface area contributed by atoms with E-state index in [1.165, 1.54) is 16.9 Å². The Labute approximate surface area is 187 Å². The number of amides is 2. The Morgan fingerprint density at radius 2 is 1.81 bits per heavy atom. The summed E-state index contributed by atoms with van der Waals surface area (Å²) in [6.07, 6.45) is 2.69. The zero-order valence-electron chi connectivity index (χ0n) is 17.7. The first kappa shape index (κ1) is 21.5. The third kappa shape index (κ3) is 5.33. The van der Waals surface area contributed by atoms with E-state index in [1.54, 1.807) is 0 Å². The topological polar surface area (TPSA) is 67.7 Å². The van der Waals surface area contributed by atoms with Crippen LogP contribution < -0.4 is 0 Å². The molecular weight excluding hydrogens is 408 g/mol. The van der Waals surface area contributed by atoms with Gasteiger partial charge in [-0.15, -0.1) is 11.3 Å². The summed E-state index contributed by atoms with van der Waals surface area (Å²) in [6, 6.07) is 13.6. The van der Waals surface area contributed by atoms with Crippen LogP contribution >= 0.6 is 11.3 Å². The summed E-state index contributed by atoms with van der Waals surface area (Å²) < 4.78 is 0. The minimum Gasteiger partial charge on any atom is -0.341 e. The van der Waals surface area contributed by atoms with Gasteiger partial charge in [-0.3, -0.25) is 14.5 Å². The standard InChI is InChI=1S/C24H28N4O2S/c25-16-19-6-8-20(9-7-19)17-26-10-3-12-27(14-13-26)23(29)21-4-1-11-28(18-21)24(30)22-5-2-15-31-22/h2,5-9,15,21H,1,3-4,10-14,17-18H2. The van der Waals surface area contributed by atoms with Gasteiger partial charge in [0.05, 0.1) is 22.4 Å². The highest BCUT2D eigenvalue weighted by Gasteiger charge is 2.32. The molecular formula is C24H28N4O2S. The summed E-state index contributed by atoms with van der Waals surface area (Å²) in [6.45, 7) is 5.40. The first-order valence-corrected chi connectivity index (χ1v) is 11.8. The van der Waals surface area contributed by atoms with Crippen molar-refractivity contribution in [3.63, 3.8) is 0 Å². The van der Waals surface area contributed by atoms with E-state index in [4.69, 9.17) is 5.26 Å². The van der Waals surface area contributed by atoms with Gasteiger partial charge in [0.2, 0.25) is 5.91 Å². The second-order valence-electron chi connectivity index (χ2n) is 8.33. The molecule has 1 atom stereocenters. The van der Waals surface area contributed by atoms with Crippen LogP contribution in [0.5, 0.6) is 0 Å². The Bertz CT molecular complexity index is 935. The van der Waals surface area contributed by atoms with E-state index in [2.05, 4.69) is 11.0 Å². The zero-order valence-corrected chi connectivity index (χ0v) is 18.5. The number of hydrogen-bond donors (Lipinski definition) is 0. The minimum atomic E-state index is -0.0947. The summed E-state index contributed by atoms with van der Waals surface area (Å²) in [5.74, 6) is 0.156. The third-order valence-corrected chi connectivity index (χ3v) is 7.04. The van der Waals surface area contributed by atoms with Gasteiger partial charge in [0.15, 0.2) is 0 Å². The van der Waals surface area contributed by atoms with E-state index in [0.717, 1.165) is 63.4 Å². The number of nitrogens with zero attached hydrogens (tertiary/aromatic N) is 4. The summed E-state index contributed by atoms with van der Waals surface area (Å²) in [4.78, 5) is 32.9. The van der Waals surface area contributed by atoms with Crippen molar-refractivity contribution in [2.45, 2.75) is 25.8 Å². The number of rotatable bonds is 4. The highest BCUT2D eigenvalue weighted by Crippen LogP contribution is 2.23. The lowest BCUT2D eigenvalue weighted by Crippen LogP contribution is -2.47. The minimum absolute atomic E-state index is 0.0527. The van der Waals surface area contributed by atoms with Crippen LogP contribution in [0.3, 0.4) is 0 Å². The van der Waals surface area contributed by atoms with Gasteiger partial charge in [-0.2, -0.15) is 5.26 Å². The maximum atomic E-state index is 13.2. The molecule has 0 radical (unpaired) electrons. The van der Waals surface area contributed by atoms with Crippen LogP contribution in [0.25, 0.3) is 0 Å². The molecule has 31 heavy (non-hydrogen) atoms. The van der Waals surface area contributed by atoms with Gasteiger partial charge < -0.3 is 9.80 Å². The van der Waals surface area contributed by atoms with Crippen LogP contribution in [0.4, 0.5) is 0 Å². The number of likely N-dealkylation sites (tertiary alicyclic amines) is 1. The highest BCUT2D eigenvalue weighted by atomic mass is 32.1. The number of hydrogen-bond acceptors (Lipinski definition) is 5. The molecule has 162 valence electrons. The molecule has 1 aromatic heterocycles. The van der Waals surface area contributed by atoms with Crippen molar-refractivity contribution in [2.75, 3.05) is 39.3 Å². The third-order valence-electron chi connectivity index (χ3n) is 6.18. The predicted octanol–water partition coefficient (Wildman–Crippen LogP) is 3.21. The Kier molecular flexibility index (Phi) is 7.00. The van der Waals surface area contributed by atoms with Crippen molar-refractivity contribution < 1.29 is 9.59 Å². The number of benzene rings is 1. The molecule has 2 saturated heterocycles. The quantitative estimate of drug-likeness (QED) is 0.738. The van der Waals surface area contributed by atoms with Gasteiger partial charge in [0.25, 0.3) is 5.91 Å². The number of nitriles is 1. The van der Waals surface area contributed by atoms with Crippen LogP contribution in [0.1, 0.15) is 40.1 Å². The largest absolute Gasteiger partial charge is 0.341 e. The van der Waals surface area contributed by atoms with E-state index in [1.807, 2.05) is 51.6 Å². The lowest BCUT2D eigenvalue weighted by Gasteiger charge is -2.34. The van der Waals surface area contributed by atoms with Crippen molar-refractivity contribution in [3.05, 3.63) is 57.8 Å². The molecule has 0 spiro atoms. The molecule has 1 unspecified atom stereocenters. The monoisotopic (exact) mass is 436 g/mol. The summed E-state index contributed by atoms with van der Waals surface area (Å²) in [5.41, 5.74) is 1.87. The first-order chi connectivity index (χ1) is 15.1. The number of carbonyl (C=O) groups excluding carboxylic acids is 2. The van der Waals surface area contributed by atoms with E-state index >= 15 is 0 Å². The first-order valence-electron chi connectivity index (χ1n) is 11.0. The Morgan fingerprint density at radius 3 is 2.55 bits per heavy atom. The normalized spacial score (nSPS) is 20.2. The average molecular weight is 437 g/mol. The molecule has 2 fully saturated rings. The Morgan fingerprint density at radius 1 is 1.00 bits per heavy atom. The van der Waals surface area contributed by atoms with Crippen molar-refractivity contribution in [1.82, 2.24) is 14.7 Å². The van der Waals surface area contributed by atoms with Crippen LogP contribution in [-0.4, -0.2) is 65.8 Å². The van der Waals surface area contributed by atoms with E-state index in [9.17, 15) is 9.59 Å². The lowest BCUT2D eigenvalue weighted by molar-refractivity contribution is -0.136. The average Bonchev–Trinajstić information content (AvgIpc) is 3.26. The van der Waals surface area contributed by atoms with Gasteiger partial charge >= 0.3 is 0 Å². The zero-order chi connectivity index (χ0) is 21.6. The van der Waals surface area contributed by atoms with E-state index in [0.29, 0.717) is 12.1 Å². The molecule has 0 N–H and O–H groups in total. The smallest absolute Gasteiger partial charge is 0.263 e. The van der Waals surface area contributed by atoms with Gasteiger partial charge in [-0.05, 0) is 48.4 Å². The fourth-order valence-electron chi connectivity index (χ4n) is 4.47. The van der Waals surface area contributed by atoms with E-state index < -0.39 is 0 Å². The van der Waals surface area contributed by atoms with Gasteiger partial charge in [-0.1, -0.05) is 18.2 Å². The summed E-state index contributed by atoms with van der Waals surface area (Å²) in [5, 5.41) is 10.9. The molecule has 0 bridgehead atoms. The number of thiophene rings is 1. The molecule has 2 aliphatic heterocycles. The molecule has 0 saturated carbocycles. The molecule has 2 aromatic rings. The molecule has 3 heterocycles. The van der Waals surface area contributed by atoms with Gasteiger partial charge in [0, 0.05) is 45.8 Å². The lowest BCUT2D eigenvalue weighted by atomic mass is 9.96. The molecule has 1 aromatic carbocycles. The van der Waals surface area contributed by atoms with Crippen LogP contribution in [0.2, 0.25) is 0 Å². The molecule has 7 heteroatoms. The SMILES string of the molecule is N#Cc1ccc(CN2CCCN(C(=O)C3CCCN(C(=O)c4cccs4)C3)CC2)cc1. The van der Waals surface area contributed by atoms with Crippen molar-refractivity contribution in [2.24, 2.45) is 5.92 Å². The fourth-order valence-corrected chi connectivity index (χ4v) is 5.16. The van der Waals surface area contributed by atoms with Crippen LogP contribution in [-0.2, 0) is 11.3 Å². The summed E-state index contributed by atoms with van der Waals surface area (Å²) in [7, 11) is 0. The number of piperidine rings is 1. The molecule has 4 rings (SSSR count). The van der Waals surface area contributed by atoms with Crippen LogP contribution in [0, 0.1) is 17.2 Å². The predicted molar refractivity (Wildman–Crippen MR) is 121 cm³/mol. The molecule has 6 nitrogen and oxygen atoms in total. The second-order valence-corrected chi connectivity index (χ2v) is 9.28. The molecule has 0 aliphatic carbocycles. The van der Waals surface area contributed by atoms with Gasteiger partial charge in [-0.25, -0.2) is 0 Å². The molecule has 2 aliphatic rings. The maximum Gasteiger partial charge on any atom is 0.263 e. The fraction of sp³-hybridized carbons (Fsp3) is 0.458. The number of carbonyl (C=O) groups is 2.